The van der Waals surface area contributed by atoms with Crippen molar-refractivity contribution in [2.75, 3.05) is 29.3 Å². The fraction of sp³-hybridized carbons (Fsp3) is 0.353. The molecular weight excluding hydrogens is 615 g/mol. The number of sulfonamides is 1. The van der Waals surface area contributed by atoms with Crippen molar-refractivity contribution in [3.8, 4) is 5.69 Å². The number of carbonyl (C=O) groups is 1. The number of hydrogen-bond donors (Lipinski definition) is 1. The molecule has 0 unspecified atom stereocenters. The van der Waals surface area contributed by atoms with E-state index in [9.17, 15) is 26.4 Å². The van der Waals surface area contributed by atoms with Gasteiger partial charge in [0.2, 0.25) is 15.9 Å². The lowest BCUT2D eigenvalue weighted by molar-refractivity contribution is -0.142. The van der Waals surface area contributed by atoms with Gasteiger partial charge in [-0.2, -0.15) is 18.3 Å². The van der Waals surface area contributed by atoms with Gasteiger partial charge in [-0.05, 0) is 93.7 Å². The SMILES string of the molecule is Cc1cc(C(F)(F)F)n(-c2ccc(NC(=O)CC3CCN([C@H](C)CN(c4ccccc4)S(=O)(=O)Cc4ccccc4)CC3)cc2)n1. The average Bonchev–Trinajstić information content (AvgIpc) is 3.43. The smallest absolute Gasteiger partial charge is 0.326 e. The van der Waals surface area contributed by atoms with E-state index in [1.807, 2.05) is 67.6 Å². The first-order valence-electron chi connectivity index (χ1n) is 15.3. The summed E-state index contributed by atoms with van der Waals surface area (Å²) in [5.41, 5.74) is 1.50. The summed E-state index contributed by atoms with van der Waals surface area (Å²) in [6.07, 6.45) is -2.64. The van der Waals surface area contributed by atoms with Crippen molar-refractivity contribution in [2.24, 2.45) is 5.92 Å². The predicted octanol–water partition coefficient (Wildman–Crippen LogP) is 6.67. The molecule has 1 amide bonds. The van der Waals surface area contributed by atoms with Gasteiger partial charge in [0.25, 0.3) is 0 Å². The van der Waals surface area contributed by atoms with Gasteiger partial charge in [0.15, 0.2) is 0 Å². The number of anilines is 2. The molecule has 1 aliphatic rings. The highest BCUT2D eigenvalue weighted by atomic mass is 32.2. The number of likely N-dealkylation sites (tertiary alicyclic amines) is 1. The molecular formula is C34H38F3N5O3S. The van der Waals surface area contributed by atoms with E-state index < -0.39 is 21.9 Å². The quantitative estimate of drug-likeness (QED) is 0.196. The number of hydrogen-bond acceptors (Lipinski definition) is 5. The van der Waals surface area contributed by atoms with Gasteiger partial charge in [0.05, 0.1) is 22.8 Å². The molecule has 1 saturated heterocycles. The van der Waals surface area contributed by atoms with Crippen molar-refractivity contribution in [2.45, 2.75) is 51.1 Å². The van der Waals surface area contributed by atoms with Crippen molar-refractivity contribution in [1.82, 2.24) is 14.7 Å². The maximum atomic E-state index is 13.6. The van der Waals surface area contributed by atoms with Crippen LogP contribution in [-0.4, -0.2) is 54.7 Å². The minimum atomic E-state index is -4.54. The summed E-state index contributed by atoms with van der Waals surface area (Å²) in [6.45, 7) is 5.32. The fourth-order valence-corrected chi connectivity index (χ4v) is 7.50. The van der Waals surface area contributed by atoms with Crippen LogP contribution in [0.25, 0.3) is 5.69 Å². The van der Waals surface area contributed by atoms with Crippen LogP contribution in [-0.2, 0) is 26.7 Å². The summed E-state index contributed by atoms with van der Waals surface area (Å²) in [6, 6.07) is 25.4. The van der Waals surface area contributed by atoms with Gasteiger partial charge in [0.1, 0.15) is 5.69 Å². The highest BCUT2D eigenvalue weighted by molar-refractivity contribution is 7.92. The maximum Gasteiger partial charge on any atom is 0.433 e. The molecule has 1 N–H and O–H groups in total. The number of halogens is 3. The van der Waals surface area contributed by atoms with Crippen molar-refractivity contribution < 1.29 is 26.4 Å². The number of alkyl halides is 3. The zero-order valence-corrected chi connectivity index (χ0v) is 26.6. The van der Waals surface area contributed by atoms with E-state index in [-0.39, 0.29) is 35.0 Å². The third-order valence-electron chi connectivity index (χ3n) is 8.27. The second-order valence-corrected chi connectivity index (χ2v) is 13.7. The lowest BCUT2D eigenvalue weighted by atomic mass is 9.92. The Kier molecular flexibility index (Phi) is 10.2. The number of rotatable bonds is 11. The molecule has 244 valence electrons. The van der Waals surface area contributed by atoms with Gasteiger partial charge in [-0.15, -0.1) is 0 Å². The Morgan fingerprint density at radius 1 is 0.978 bits per heavy atom. The average molecular weight is 654 g/mol. The Bertz CT molecular complexity index is 1700. The number of carbonyl (C=O) groups excluding carboxylic acids is 1. The summed E-state index contributed by atoms with van der Waals surface area (Å²) in [5.74, 6) is -0.0871. The van der Waals surface area contributed by atoms with Crippen LogP contribution in [0.1, 0.15) is 43.1 Å². The molecule has 5 rings (SSSR count). The second-order valence-electron chi connectivity index (χ2n) is 11.8. The zero-order valence-electron chi connectivity index (χ0n) is 25.8. The molecule has 8 nitrogen and oxygen atoms in total. The number of nitrogens with one attached hydrogen (secondary N) is 1. The molecule has 3 aromatic carbocycles. The van der Waals surface area contributed by atoms with Gasteiger partial charge < -0.3 is 5.32 Å². The van der Waals surface area contributed by atoms with Gasteiger partial charge in [-0.3, -0.25) is 14.0 Å². The van der Waals surface area contributed by atoms with E-state index in [2.05, 4.69) is 15.3 Å². The highest BCUT2D eigenvalue weighted by Gasteiger charge is 2.36. The third-order valence-corrected chi connectivity index (χ3v) is 10.00. The van der Waals surface area contributed by atoms with Crippen LogP contribution in [0.2, 0.25) is 0 Å². The Hall–Kier alpha value is -4.16. The van der Waals surface area contributed by atoms with Crippen LogP contribution in [0.15, 0.2) is 91.0 Å². The Morgan fingerprint density at radius 2 is 1.59 bits per heavy atom. The van der Waals surface area contributed by atoms with E-state index in [0.717, 1.165) is 42.2 Å². The zero-order chi connectivity index (χ0) is 32.9. The number of aryl methyl sites for hydroxylation is 1. The number of piperidine rings is 1. The maximum absolute atomic E-state index is 13.6. The number of aromatic nitrogens is 2. The normalized spacial score (nSPS) is 15.4. The fourth-order valence-electron chi connectivity index (χ4n) is 5.85. The van der Waals surface area contributed by atoms with E-state index >= 15 is 0 Å². The molecule has 0 radical (unpaired) electrons. The first-order valence-corrected chi connectivity index (χ1v) is 16.9. The number of nitrogens with zero attached hydrogens (tertiary/aromatic N) is 4. The molecule has 0 bridgehead atoms. The monoisotopic (exact) mass is 653 g/mol. The first-order chi connectivity index (χ1) is 21.9. The molecule has 46 heavy (non-hydrogen) atoms. The molecule has 1 aromatic heterocycles. The minimum absolute atomic E-state index is 0.0459. The third kappa shape index (κ3) is 8.35. The largest absolute Gasteiger partial charge is 0.433 e. The summed E-state index contributed by atoms with van der Waals surface area (Å²) >= 11 is 0. The van der Waals surface area contributed by atoms with Crippen LogP contribution >= 0.6 is 0 Å². The standard InChI is InChI=1S/C34H38F3N5O3S/c1-25-21-32(34(35,36)37)42(39-25)31-15-13-29(14-16-31)38-33(43)22-27-17-19-40(20-18-27)26(2)23-41(30-11-7-4-8-12-30)46(44,45)24-28-9-5-3-6-10-28/h3-16,21,26-27H,17-20,22-24H2,1-2H3,(H,38,43)/t26-/m1/s1. The molecule has 1 aliphatic heterocycles. The van der Waals surface area contributed by atoms with Crippen molar-refractivity contribution in [3.63, 3.8) is 0 Å². The molecule has 1 fully saturated rings. The van der Waals surface area contributed by atoms with Crippen molar-refractivity contribution in [3.05, 3.63) is 108 Å². The Morgan fingerprint density at radius 3 is 2.20 bits per heavy atom. The number of para-hydroxylation sites is 1. The first kappa shape index (κ1) is 33.2. The number of amides is 1. The van der Waals surface area contributed by atoms with Crippen LogP contribution in [0, 0.1) is 12.8 Å². The Balaban J connectivity index is 1.15. The topological polar surface area (TPSA) is 87.5 Å². The van der Waals surface area contributed by atoms with E-state index in [4.69, 9.17) is 0 Å². The summed E-state index contributed by atoms with van der Waals surface area (Å²) in [5, 5.41) is 6.82. The summed E-state index contributed by atoms with van der Waals surface area (Å²) in [7, 11) is -3.65. The van der Waals surface area contributed by atoms with Crippen LogP contribution in [0.5, 0.6) is 0 Å². The predicted molar refractivity (Wildman–Crippen MR) is 173 cm³/mol. The molecule has 0 aliphatic carbocycles. The molecule has 12 heteroatoms. The molecule has 0 saturated carbocycles. The second kappa shape index (κ2) is 14.1. The van der Waals surface area contributed by atoms with Crippen molar-refractivity contribution in [1.29, 1.82) is 0 Å². The molecule has 1 atom stereocenters. The number of benzene rings is 3. The highest BCUT2D eigenvalue weighted by Crippen LogP contribution is 2.32. The van der Waals surface area contributed by atoms with Gasteiger partial charge in [0, 0.05) is 24.7 Å². The van der Waals surface area contributed by atoms with Gasteiger partial charge in [-0.25, -0.2) is 13.1 Å². The van der Waals surface area contributed by atoms with Crippen molar-refractivity contribution >= 4 is 27.3 Å². The molecule has 0 spiro atoms. The van der Waals surface area contributed by atoms with Crippen LogP contribution in [0.4, 0.5) is 24.5 Å². The molecule has 2 heterocycles. The van der Waals surface area contributed by atoms with Crippen LogP contribution in [0.3, 0.4) is 0 Å². The lowest BCUT2D eigenvalue weighted by Crippen LogP contribution is -2.48. The minimum Gasteiger partial charge on any atom is -0.326 e. The molecule has 4 aromatic rings. The summed E-state index contributed by atoms with van der Waals surface area (Å²) in [4.78, 5) is 15.1. The van der Waals surface area contributed by atoms with Crippen LogP contribution < -0.4 is 9.62 Å². The van der Waals surface area contributed by atoms with E-state index in [1.165, 1.54) is 23.4 Å². The Labute approximate surface area is 267 Å². The van der Waals surface area contributed by atoms with E-state index in [0.29, 0.717) is 24.3 Å². The summed E-state index contributed by atoms with van der Waals surface area (Å²) < 4.78 is 69.7. The lowest BCUT2D eigenvalue weighted by Gasteiger charge is -2.38. The van der Waals surface area contributed by atoms with E-state index in [1.54, 1.807) is 12.1 Å². The van der Waals surface area contributed by atoms with Gasteiger partial charge in [-0.1, -0.05) is 48.5 Å². The van der Waals surface area contributed by atoms with Gasteiger partial charge >= 0.3 is 6.18 Å².